The van der Waals surface area contributed by atoms with E-state index in [1.165, 1.54) is 18.2 Å². The Labute approximate surface area is 193 Å². The number of nitrogens with one attached hydrogen (secondary N) is 2. The topological polar surface area (TPSA) is 84.5 Å². The highest BCUT2D eigenvalue weighted by Gasteiger charge is 2.27. The van der Waals surface area contributed by atoms with Crippen molar-refractivity contribution in [1.29, 1.82) is 0 Å². The van der Waals surface area contributed by atoms with Gasteiger partial charge in [0.05, 0.1) is 16.5 Å². The zero-order chi connectivity index (χ0) is 23.1. The molecule has 0 spiro atoms. The molecule has 0 unspecified atom stereocenters. The monoisotopic (exact) mass is 472 g/mol. The average Bonchev–Trinajstić information content (AvgIpc) is 2.77. The second kappa shape index (κ2) is 10.6. The van der Waals surface area contributed by atoms with Crippen LogP contribution in [-0.4, -0.2) is 27.0 Å². The van der Waals surface area contributed by atoms with Gasteiger partial charge in [-0.2, -0.15) is 4.72 Å². The minimum Gasteiger partial charge on any atom is -0.492 e. The van der Waals surface area contributed by atoms with Crippen molar-refractivity contribution in [3.63, 3.8) is 0 Å². The molecule has 1 amide bonds. The normalized spacial score (nSPS) is 12.2. The second-order valence-electron chi connectivity index (χ2n) is 7.19. The Balaban J connectivity index is 1.88. The van der Waals surface area contributed by atoms with Gasteiger partial charge in [0.1, 0.15) is 11.8 Å². The molecule has 2 N–H and O–H groups in total. The number of aryl methyl sites for hydroxylation is 1. The van der Waals surface area contributed by atoms with Crippen molar-refractivity contribution >= 4 is 33.2 Å². The van der Waals surface area contributed by atoms with Crippen LogP contribution in [-0.2, 0) is 21.2 Å². The first-order valence-corrected chi connectivity index (χ1v) is 12.0. The van der Waals surface area contributed by atoms with Gasteiger partial charge in [-0.1, -0.05) is 60.1 Å². The minimum atomic E-state index is -4.03. The Morgan fingerprint density at radius 2 is 1.72 bits per heavy atom. The fraction of sp³-hybridized carbons (Fsp3) is 0.208. The lowest BCUT2D eigenvalue weighted by Crippen LogP contribution is -2.45. The molecular weight excluding hydrogens is 448 g/mol. The molecule has 0 saturated heterocycles. The molecule has 1 atom stereocenters. The Bertz CT molecular complexity index is 1180. The van der Waals surface area contributed by atoms with E-state index in [1.54, 1.807) is 12.1 Å². The molecule has 6 nitrogen and oxygen atoms in total. The van der Waals surface area contributed by atoms with Crippen molar-refractivity contribution in [2.45, 2.75) is 31.2 Å². The van der Waals surface area contributed by atoms with Crippen LogP contribution in [0.3, 0.4) is 0 Å². The van der Waals surface area contributed by atoms with Crippen LogP contribution in [0.25, 0.3) is 0 Å². The van der Waals surface area contributed by atoms with Gasteiger partial charge < -0.3 is 10.1 Å². The summed E-state index contributed by atoms with van der Waals surface area (Å²) < 4.78 is 34.1. The number of carbonyl (C=O) groups excluding carboxylic acids is 1. The van der Waals surface area contributed by atoms with Gasteiger partial charge in [0.15, 0.2) is 0 Å². The molecule has 0 fully saturated rings. The SMILES string of the molecule is CCOc1ccc(S(=O)(=O)N[C@@H](Cc2ccccc2)C(=O)Nc2ccccc2C)cc1Cl. The number of amides is 1. The van der Waals surface area contributed by atoms with E-state index < -0.39 is 22.0 Å². The van der Waals surface area contributed by atoms with E-state index in [0.29, 0.717) is 18.0 Å². The molecule has 0 aliphatic carbocycles. The number of sulfonamides is 1. The lowest BCUT2D eigenvalue weighted by molar-refractivity contribution is -0.117. The quantitative estimate of drug-likeness (QED) is 0.477. The first-order valence-electron chi connectivity index (χ1n) is 10.1. The second-order valence-corrected chi connectivity index (χ2v) is 9.31. The lowest BCUT2D eigenvalue weighted by atomic mass is 10.1. The van der Waals surface area contributed by atoms with Crippen LogP contribution >= 0.6 is 11.6 Å². The number of halogens is 1. The molecule has 0 aliphatic heterocycles. The largest absolute Gasteiger partial charge is 0.492 e. The van der Waals surface area contributed by atoms with Crippen LogP contribution in [0.4, 0.5) is 5.69 Å². The molecule has 168 valence electrons. The minimum absolute atomic E-state index is 0.0484. The molecular formula is C24H25ClN2O4S. The summed E-state index contributed by atoms with van der Waals surface area (Å²) in [6, 6.07) is 19.7. The van der Waals surface area contributed by atoms with E-state index in [9.17, 15) is 13.2 Å². The molecule has 8 heteroatoms. The number of hydrogen-bond donors (Lipinski definition) is 2. The number of carbonyl (C=O) groups is 1. The highest BCUT2D eigenvalue weighted by atomic mass is 35.5. The molecule has 0 radical (unpaired) electrons. The number of ether oxygens (including phenoxy) is 1. The Morgan fingerprint density at radius 1 is 1.03 bits per heavy atom. The highest BCUT2D eigenvalue weighted by molar-refractivity contribution is 7.89. The molecule has 0 saturated carbocycles. The van der Waals surface area contributed by atoms with Gasteiger partial charge in [0, 0.05) is 5.69 Å². The predicted molar refractivity (Wildman–Crippen MR) is 127 cm³/mol. The predicted octanol–water partition coefficient (Wildman–Crippen LogP) is 4.58. The van der Waals surface area contributed by atoms with Crippen LogP contribution < -0.4 is 14.8 Å². The van der Waals surface area contributed by atoms with Gasteiger partial charge in [0.25, 0.3) is 0 Å². The van der Waals surface area contributed by atoms with Crippen molar-refractivity contribution in [3.8, 4) is 5.75 Å². The van der Waals surface area contributed by atoms with Crippen molar-refractivity contribution in [3.05, 3.63) is 88.9 Å². The van der Waals surface area contributed by atoms with Crippen LogP contribution in [0.15, 0.2) is 77.7 Å². The van der Waals surface area contributed by atoms with Crippen molar-refractivity contribution in [1.82, 2.24) is 4.72 Å². The lowest BCUT2D eigenvalue weighted by Gasteiger charge is -2.20. The van der Waals surface area contributed by atoms with E-state index in [-0.39, 0.29) is 16.3 Å². The van der Waals surface area contributed by atoms with E-state index in [2.05, 4.69) is 10.0 Å². The van der Waals surface area contributed by atoms with Gasteiger partial charge in [-0.15, -0.1) is 0 Å². The van der Waals surface area contributed by atoms with Gasteiger partial charge >= 0.3 is 0 Å². The van der Waals surface area contributed by atoms with Crippen LogP contribution in [0, 0.1) is 6.92 Å². The number of benzene rings is 3. The number of rotatable bonds is 9. The molecule has 0 bridgehead atoms. The Morgan fingerprint density at radius 3 is 2.38 bits per heavy atom. The summed E-state index contributed by atoms with van der Waals surface area (Å²) in [6.45, 7) is 4.08. The van der Waals surface area contributed by atoms with Gasteiger partial charge in [-0.05, 0) is 55.7 Å². The maximum atomic E-state index is 13.1. The van der Waals surface area contributed by atoms with Crippen molar-refractivity contribution in [2.24, 2.45) is 0 Å². The average molecular weight is 473 g/mol. The summed E-state index contributed by atoms with van der Waals surface area (Å²) in [5, 5.41) is 3.01. The van der Waals surface area contributed by atoms with Crippen LogP contribution in [0.5, 0.6) is 5.75 Å². The van der Waals surface area contributed by atoms with Crippen molar-refractivity contribution in [2.75, 3.05) is 11.9 Å². The Kier molecular flexibility index (Phi) is 7.90. The van der Waals surface area contributed by atoms with Crippen LogP contribution in [0.2, 0.25) is 5.02 Å². The summed E-state index contributed by atoms with van der Waals surface area (Å²) in [4.78, 5) is 13.1. The fourth-order valence-electron chi connectivity index (χ4n) is 3.15. The molecule has 0 aliphatic rings. The molecule has 3 aromatic rings. The third-order valence-electron chi connectivity index (χ3n) is 4.81. The molecule has 3 rings (SSSR count). The van der Waals surface area contributed by atoms with Crippen LogP contribution in [0.1, 0.15) is 18.1 Å². The maximum absolute atomic E-state index is 13.1. The third kappa shape index (κ3) is 6.09. The molecule has 32 heavy (non-hydrogen) atoms. The van der Waals surface area contributed by atoms with Gasteiger partial charge in [0.2, 0.25) is 15.9 Å². The molecule has 0 aromatic heterocycles. The van der Waals surface area contributed by atoms with E-state index in [4.69, 9.17) is 16.3 Å². The number of anilines is 1. The summed E-state index contributed by atoms with van der Waals surface area (Å²) in [5.41, 5.74) is 2.32. The summed E-state index contributed by atoms with van der Waals surface area (Å²) in [6.07, 6.45) is 0.183. The molecule has 3 aromatic carbocycles. The summed E-state index contributed by atoms with van der Waals surface area (Å²) in [7, 11) is -4.03. The van der Waals surface area contributed by atoms with E-state index in [0.717, 1.165) is 11.1 Å². The number of para-hydroxylation sites is 1. The number of hydrogen-bond acceptors (Lipinski definition) is 4. The first kappa shape index (κ1) is 23.8. The van der Waals surface area contributed by atoms with Gasteiger partial charge in [-0.25, -0.2) is 8.42 Å². The highest BCUT2D eigenvalue weighted by Crippen LogP contribution is 2.27. The third-order valence-corrected chi connectivity index (χ3v) is 6.58. The summed E-state index contributed by atoms with van der Waals surface area (Å²) >= 11 is 6.17. The van der Waals surface area contributed by atoms with E-state index in [1.807, 2.05) is 56.3 Å². The maximum Gasteiger partial charge on any atom is 0.242 e. The smallest absolute Gasteiger partial charge is 0.242 e. The fourth-order valence-corrected chi connectivity index (χ4v) is 4.67. The zero-order valence-corrected chi connectivity index (χ0v) is 19.4. The zero-order valence-electron chi connectivity index (χ0n) is 17.8. The molecule has 0 heterocycles. The standard InChI is InChI=1S/C24H25ClN2O4S/c1-3-31-23-14-13-19(16-20(23)25)32(29,30)27-22(15-18-10-5-4-6-11-18)24(28)26-21-12-8-7-9-17(21)2/h4-14,16,22,27H,3,15H2,1-2H3,(H,26,28)/t22-/m0/s1. The summed E-state index contributed by atoms with van der Waals surface area (Å²) in [5.74, 6) is -0.0602. The van der Waals surface area contributed by atoms with Gasteiger partial charge in [-0.3, -0.25) is 4.79 Å². The van der Waals surface area contributed by atoms with E-state index >= 15 is 0 Å². The van der Waals surface area contributed by atoms with Crippen molar-refractivity contribution < 1.29 is 17.9 Å². The Hall–Kier alpha value is -2.87. The first-order chi connectivity index (χ1) is 15.3.